The number of rotatable bonds is 3. The third kappa shape index (κ3) is 2.05. The molecule has 15 heavy (non-hydrogen) atoms. The molecule has 0 unspecified atom stereocenters. The molecule has 0 aliphatic rings. The maximum absolute atomic E-state index is 13.6. The second kappa shape index (κ2) is 4.23. The smallest absolute Gasteiger partial charge is 0.228 e. The Morgan fingerprint density at radius 2 is 2.33 bits per heavy atom. The number of aromatic nitrogens is 1. The number of hydrogen-bond acceptors (Lipinski definition) is 3. The van der Waals surface area contributed by atoms with Crippen LogP contribution in [-0.2, 0) is 11.3 Å². The van der Waals surface area contributed by atoms with Crippen molar-refractivity contribution >= 4 is 0 Å². The van der Waals surface area contributed by atoms with Crippen molar-refractivity contribution in [2.24, 2.45) is 0 Å². The van der Waals surface area contributed by atoms with Crippen molar-refractivity contribution in [1.82, 2.24) is 4.98 Å². The van der Waals surface area contributed by atoms with Crippen LogP contribution in [-0.4, -0.2) is 12.1 Å². The van der Waals surface area contributed by atoms with Crippen LogP contribution in [0.15, 0.2) is 35.1 Å². The molecule has 0 radical (unpaired) electrons. The van der Waals surface area contributed by atoms with E-state index in [4.69, 9.17) is 9.15 Å². The van der Waals surface area contributed by atoms with Crippen molar-refractivity contribution in [3.63, 3.8) is 0 Å². The van der Waals surface area contributed by atoms with Gasteiger partial charge in [0.1, 0.15) is 12.1 Å². The molecule has 0 aliphatic heterocycles. The van der Waals surface area contributed by atoms with Crippen molar-refractivity contribution in [3.05, 3.63) is 42.0 Å². The first kappa shape index (κ1) is 9.86. The maximum Gasteiger partial charge on any atom is 0.228 e. The van der Waals surface area contributed by atoms with E-state index in [0.29, 0.717) is 12.2 Å². The Hall–Kier alpha value is -1.68. The highest BCUT2D eigenvalue weighted by Gasteiger charge is 2.09. The quantitative estimate of drug-likeness (QED) is 0.776. The monoisotopic (exact) mass is 207 g/mol. The summed E-state index contributed by atoms with van der Waals surface area (Å²) in [6, 6.07) is 4.84. The van der Waals surface area contributed by atoms with E-state index in [-0.39, 0.29) is 11.7 Å². The first-order valence-corrected chi connectivity index (χ1v) is 4.48. The first-order chi connectivity index (χ1) is 7.31. The lowest BCUT2D eigenvalue weighted by Gasteiger charge is -2.02. The summed E-state index contributed by atoms with van der Waals surface area (Å²) in [5.41, 5.74) is 1.14. The zero-order valence-electron chi connectivity index (χ0n) is 8.24. The highest BCUT2D eigenvalue weighted by atomic mass is 19.1. The lowest BCUT2D eigenvalue weighted by Crippen LogP contribution is -1.91. The van der Waals surface area contributed by atoms with Crippen LogP contribution in [0.3, 0.4) is 0 Å². The van der Waals surface area contributed by atoms with Gasteiger partial charge in [-0.2, -0.15) is 0 Å². The van der Waals surface area contributed by atoms with E-state index in [1.165, 1.54) is 18.5 Å². The number of halogens is 1. The van der Waals surface area contributed by atoms with E-state index in [9.17, 15) is 4.39 Å². The third-order valence-electron chi connectivity index (χ3n) is 2.01. The molecule has 0 spiro atoms. The summed E-state index contributed by atoms with van der Waals surface area (Å²) < 4.78 is 23.5. The summed E-state index contributed by atoms with van der Waals surface area (Å²) in [5.74, 6) is -0.0662. The van der Waals surface area contributed by atoms with Gasteiger partial charge >= 0.3 is 0 Å². The van der Waals surface area contributed by atoms with Crippen molar-refractivity contribution in [2.75, 3.05) is 7.11 Å². The number of ether oxygens (including phenoxy) is 1. The lowest BCUT2D eigenvalue weighted by atomic mass is 10.1. The summed E-state index contributed by atoms with van der Waals surface area (Å²) in [6.07, 6.45) is 2.90. The minimum Gasteiger partial charge on any atom is -0.444 e. The van der Waals surface area contributed by atoms with Crippen LogP contribution in [0.25, 0.3) is 11.5 Å². The largest absolute Gasteiger partial charge is 0.444 e. The second-order valence-corrected chi connectivity index (χ2v) is 3.08. The molecule has 0 atom stereocenters. The van der Waals surface area contributed by atoms with Crippen molar-refractivity contribution in [2.45, 2.75) is 6.61 Å². The van der Waals surface area contributed by atoms with Crippen LogP contribution < -0.4 is 0 Å². The van der Waals surface area contributed by atoms with Gasteiger partial charge in [0, 0.05) is 7.11 Å². The Morgan fingerprint density at radius 1 is 1.47 bits per heavy atom. The highest BCUT2D eigenvalue weighted by Crippen LogP contribution is 2.21. The molecule has 0 bridgehead atoms. The minimum atomic E-state index is -0.355. The number of nitrogens with zero attached hydrogens (tertiary/aromatic N) is 1. The zero-order valence-corrected chi connectivity index (χ0v) is 8.24. The van der Waals surface area contributed by atoms with Crippen LogP contribution in [0.2, 0.25) is 0 Å². The molecule has 0 aliphatic carbocycles. The third-order valence-corrected chi connectivity index (χ3v) is 2.01. The highest BCUT2D eigenvalue weighted by molar-refractivity contribution is 5.54. The van der Waals surface area contributed by atoms with E-state index in [1.54, 1.807) is 19.2 Å². The van der Waals surface area contributed by atoms with Gasteiger partial charge in [-0.05, 0) is 17.7 Å². The van der Waals surface area contributed by atoms with Gasteiger partial charge in [0.15, 0.2) is 0 Å². The number of methoxy groups -OCH3 is 1. The van der Waals surface area contributed by atoms with Crippen LogP contribution >= 0.6 is 0 Å². The molecule has 4 heteroatoms. The summed E-state index contributed by atoms with van der Waals surface area (Å²) in [7, 11) is 1.57. The Kier molecular flexibility index (Phi) is 2.78. The Labute approximate surface area is 86.5 Å². The van der Waals surface area contributed by atoms with Gasteiger partial charge in [-0.1, -0.05) is 6.07 Å². The SMILES string of the molecule is COCc1ccc(-c2ncco2)c(F)c1. The fourth-order valence-corrected chi connectivity index (χ4v) is 1.34. The first-order valence-electron chi connectivity index (χ1n) is 4.48. The van der Waals surface area contributed by atoms with Gasteiger partial charge in [0.05, 0.1) is 18.4 Å². The normalized spacial score (nSPS) is 10.5. The number of hydrogen-bond donors (Lipinski definition) is 0. The van der Waals surface area contributed by atoms with Gasteiger partial charge in [0.2, 0.25) is 5.89 Å². The zero-order chi connectivity index (χ0) is 10.7. The molecule has 0 saturated carbocycles. The van der Waals surface area contributed by atoms with Gasteiger partial charge in [-0.3, -0.25) is 0 Å². The Balaban J connectivity index is 2.35. The molecule has 3 nitrogen and oxygen atoms in total. The molecule has 78 valence electrons. The van der Waals surface area contributed by atoms with E-state index >= 15 is 0 Å². The number of benzene rings is 1. The van der Waals surface area contributed by atoms with Crippen molar-refractivity contribution < 1.29 is 13.5 Å². The fraction of sp³-hybridized carbons (Fsp3) is 0.182. The molecule has 1 heterocycles. The summed E-state index contributed by atoms with van der Waals surface area (Å²) in [5, 5.41) is 0. The van der Waals surface area contributed by atoms with Gasteiger partial charge in [-0.15, -0.1) is 0 Å². The molecule has 0 N–H and O–H groups in total. The lowest BCUT2D eigenvalue weighted by molar-refractivity contribution is 0.184. The fourth-order valence-electron chi connectivity index (χ4n) is 1.34. The predicted molar refractivity (Wildman–Crippen MR) is 52.6 cm³/mol. The average Bonchev–Trinajstić information content (AvgIpc) is 2.71. The molecule has 0 amide bonds. The molecule has 1 aromatic heterocycles. The molecule has 2 rings (SSSR count). The Bertz CT molecular complexity index is 440. The van der Waals surface area contributed by atoms with E-state index in [2.05, 4.69) is 4.98 Å². The summed E-state index contributed by atoms with van der Waals surface area (Å²) in [4.78, 5) is 3.89. The molecule has 0 fully saturated rings. The summed E-state index contributed by atoms with van der Waals surface area (Å²) >= 11 is 0. The standard InChI is InChI=1S/C11H10FNO2/c1-14-7-8-2-3-9(10(12)6-8)11-13-4-5-15-11/h2-6H,7H2,1H3. The molecular weight excluding hydrogens is 197 g/mol. The van der Waals surface area contributed by atoms with Crippen molar-refractivity contribution in [3.8, 4) is 11.5 Å². The van der Waals surface area contributed by atoms with Gasteiger partial charge in [-0.25, -0.2) is 9.37 Å². The van der Waals surface area contributed by atoms with E-state index in [0.717, 1.165) is 5.56 Å². The van der Waals surface area contributed by atoms with Crippen LogP contribution in [0.1, 0.15) is 5.56 Å². The van der Waals surface area contributed by atoms with E-state index < -0.39 is 0 Å². The average molecular weight is 207 g/mol. The molecule has 1 aromatic carbocycles. The molecule has 0 saturated heterocycles. The molecular formula is C11H10FNO2. The topological polar surface area (TPSA) is 35.3 Å². The molecule has 2 aromatic rings. The minimum absolute atomic E-state index is 0.288. The number of oxazole rings is 1. The van der Waals surface area contributed by atoms with Crippen molar-refractivity contribution in [1.29, 1.82) is 0 Å². The second-order valence-electron chi connectivity index (χ2n) is 3.08. The Morgan fingerprint density at radius 3 is 2.93 bits per heavy atom. The van der Waals surface area contributed by atoms with Gasteiger partial charge < -0.3 is 9.15 Å². The van der Waals surface area contributed by atoms with Crippen LogP contribution in [0.4, 0.5) is 4.39 Å². The van der Waals surface area contributed by atoms with Crippen LogP contribution in [0, 0.1) is 5.82 Å². The van der Waals surface area contributed by atoms with Gasteiger partial charge in [0.25, 0.3) is 0 Å². The maximum atomic E-state index is 13.6. The van der Waals surface area contributed by atoms with Crippen LogP contribution in [0.5, 0.6) is 0 Å². The summed E-state index contributed by atoms with van der Waals surface area (Å²) in [6.45, 7) is 0.392. The van der Waals surface area contributed by atoms with E-state index in [1.807, 2.05) is 0 Å². The predicted octanol–water partition coefficient (Wildman–Crippen LogP) is 2.63.